The van der Waals surface area contributed by atoms with Crippen LogP contribution in [0.1, 0.15) is 18.6 Å². The summed E-state index contributed by atoms with van der Waals surface area (Å²) in [5.41, 5.74) is 0.908. The van der Waals surface area contributed by atoms with Gasteiger partial charge < -0.3 is 14.5 Å². The van der Waals surface area contributed by atoms with Gasteiger partial charge in [-0.2, -0.15) is 0 Å². The minimum Gasteiger partial charge on any atom is -0.460 e. The highest BCUT2D eigenvalue weighted by Gasteiger charge is 2.15. The van der Waals surface area contributed by atoms with E-state index in [-0.39, 0.29) is 12.4 Å². The van der Waals surface area contributed by atoms with E-state index >= 15 is 0 Å². The standard InChI is InChI=1S/C16H17BrClNO2.ClH/c17-11-3-5-14(15(18)8-11)16-6-4-13(21-16)10-19-9-12-2-1-7-20-12;/h3-6,8,12,19H,1-2,7,9-10H2;1H. The van der Waals surface area contributed by atoms with Crippen LogP contribution in [0.5, 0.6) is 0 Å². The van der Waals surface area contributed by atoms with Crippen molar-refractivity contribution < 1.29 is 9.15 Å². The fraction of sp³-hybridized carbons (Fsp3) is 0.375. The van der Waals surface area contributed by atoms with Gasteiger partial charge in [0.15, 0.2) is 0 Å². The zero-order valence-electron chi connectivity index (χ0n) is 12.0. The molecule has 1 saturated heterocycles. The molecule has 1 aromatic carbocycles. The molecule has 1 aromatic heterocycles. The van der Waals surface area contributed by atoms with Crippen LogP contribution in [0, 0.1) is 0 Å². The average molecular weight is 407 g/mol. The Morgan fingerprint density at radius 3 is 2.86 bits per heavy atom. The summed E-state index contributed by atoms with van der Waals surface area (Å²) in [6.07, 6.45) is 2.66. The third kappa shape index (κ3) is 4.49. The molecule has 120 valence electrons. The second-order valence-electron chi connectivity index (χ2n) is 5.16. The van der Waals surface area contributed by atoms with Crippen molar-refractivity contribution in [1.82, 2.24) is 5.32 Å². The van der Waals surface area contributed by atoms with E-state index in [4.69, 9.17) is 20.8 Å². The maximum absolute atomic E-state index is 6.24. The van der Waals surface area contributed by atoms with Crippen LogP contribution in [0.25, 0.3) is 11.3 Å². The van der Waals surface area contributed by atoms with Crippen molar-refractivity contribution in [2.45, 2.75) is 25.5 Å². The number of hydrogen-bond acceptors (Lipinski definition) is 3. The van der Waals surface area contributed by atoms with Gasteiger partial charge >= 0.3 is 0 Å². The normalized spacial score (nSPS) is 17.5. The third-order valence-corrected chi connectivity index (χ3v) is 4.36. The molecule has 2 heterocycles. The van der Waals surface area contributed by atoms with E-state index in [1.165, 1.54) is 6.42 Å². The van der Waals surface area contributed by atoms with Gasteiger partial charge in [-0.1, -0.05) is 27.5 Å². The lowest BCUT2D eigenvalue weighted by molar-refractivity contribution is 0.109. The Bertz CT molecular complexity index is 612. The Balaban J connectivity index is 0.00000176. The molecule has 0 spiro atoms. The summed E-state index contributed by atoms with van der Waals surface area (Å²) in [7, 11) is 0. The number of halogens is 3. The molecule has 1 atom stereocenters. The van der Waals surface area contributed by atoms with Crippen LogP contribution in [-0.4, -0.2) is 19.3 Å². The maximum Gasteiger partial charge on any atom is 0.135 e. The Hall–Kier alpha value is -0.520. The predicted octanol–water partition coefficient (Wildman–Crippen LogP) is 5.05. The SMILES string of the molecule is Cl.Clc1cc(Br)ccc1-c1ccc(CNCC2CCCO2)o1. The lowest BCUT2D eigenvalue weighted by Gasteiger charge is -2.09. The highest BCUT2D eigenvalue weighted by Crippen LogP contribution is 2.31. The molecule has 0 saturated carbocycles. The molecule has 22 heavy (non-hydrogen) atoms. The Morgan fingerprint density at radius 2 is 2.14 bits per heavy atom. The maximum atomic E-state index is 6.24. The molecule has 1 aliphatic heterocycles. The van der Waals surface area contributed by atoms with E-state index in [0.717, 1.165) is 41.1 Å². The van der Waals surface area contributed by atoms with Gasteiger partial charge in [-0.25, -0.2) is 0 Å². The van der Waals surface area contributed by atoms with Crippen LogP contribution < -0.4 is 5.32 Å². The minimum atomic E-state index is 0. The van der Waals surface area contributed by atoms with Crippen molar-refractivity contribution in [3.8, 4) is 11.3 Å². The second-order valence-corrected chi connectivity index (χ2v) is 6.48. The van der Waals surface area contributed by atoms with Crippen LogP contribution >= 0.6 is 39.9 Å². The highest BCUT2D eigenvalue weighted by atomic mass is 79.9. The predicted molar refractivity (Wildman–Crippen MR) is 94.8 cm³/mol. The molecule has 1 fully saturated rings. The van der Waals surface area contributed by atoms with Crippen LogP contribution in [0.15, 0.2) is 39.2 Å². The molecule has 0 radical (unpaired) electrons. The van der Waals surface area contributed by atoms with Crippen LogP contribution in [-0.2, 0) is 11.3 Å². The molecule has 0 aliphatic carbocycles. The number of furan rings is 1. The summed E-state index contributed by atoms with van der Waals surface area (Å²) in [6, 6.07) is 9.72. The third-order valence-electron chi connectivity index (χ3n) is 3.55. The molecular formula is C16H18BrCl2NO2. The quantitative estimate of drug-likeness (QED) is 0.753. The van der Waals surface area contributed by atoms with Gasteiger partial charge in [0.05, 0.1) is 17.7 Å². The molecule has 2 aromatic rings. The van der Waals surface area contributed by atoms with Gasteiger partial charge in [0.1, 0.15) is 11.5 Å². The largest absolute Gasteiger partial charge is 0.460 e. The molecule has 6 heteroatoms. The second kappa shape index (κ2) is 8.37. The van der Waals surface area contributed by atoms with E-state index in [2.05, 4.69) is 21.2 Å². The van der Waals surface area contributed by atoms with Gasteiger partial charge in [0.25, 0.3) is 0 Å². The van der Waals surface area contributed by atoms with E-state index in [1.807, 2.05) is 30.3 Å². The minimum absolute atomic E-state index is 0. The summed E-state index contributed by atoms with van der Waals surface area (Å²) in [5, 5.41) is 4.05. The molecule has 1 unspecified atom stereocenters. The first-order chi connectivity index (χ1) is 10.2. The summed E-state index contributed by atoms with van der Waals surface area (Å²) < 4.78 is 12.4. The fourth-order valence-electron chi connectivity index (χ4n) is 2.47. The van der Waals surface area contributed by atoms with Crippen molar-refractivity contribution in [2.24, 2.45) is 0 Å². The summed E-state index contributed by atoms with van der Waals surface area (Å²) in [4.78, 5) is 0. The summed E-state index contributed by atoms with van der Waals surface area (Å²) in [6.45, 7) is 2.46. The van der Waals surface area contributed by atoms with Crippen molar-refractivity contribution >= 4 is 39.9 Å². The Labute approximate surface area is 149 Å². The first-order valence-corrected chi connectivity index (χ1v) is 8.26. The molecule has 3 rings (SSSR count). The number of hydrogen-bond donors (Lipinski definition) is 1. The molecule has 1 aliphatic rings. The van der Waals surface area contributed by atoms with E-state index < -0.39 is 0 Å². The first kappa shape index (κ1) is 17.8. The lowest BCUT2D eigenvalue weighted by atomic mass is 10.2. The summed E-state index contributed by atoms with van der Waals surface area (Å²) in [5.74, 6) is 1.70. The number of rotatable bonds is 5. The smallest absolute Gasteiger partial charge is 0.135 e. The Kier molecular flexibility index (Phi) is 6.78. The zero-order valence-corrected chi connectivity index (χ0v) is 15.1. The van der Waals surface area contributed by atoms with Crippen molar-refractivity contribution in [3.63, 3.8) is 0 Å². The highest BCUT2D eigenvalue weighted by molar-refractivity contribution is 9.10. The topological polar surface area (TPSA) is 34.4 Å². The molecule has 3 nitrogen and oxygen atoms in total. The van der Waals surface area contributed by atoms with Gasteiger partial charge in [0, 0.05) is 23.2 Å². The van der Waals surface area contributed by atoms with Crippen LogP contribution in [0.2, 0.25) is 5.02 Å². The van der Waals surface area contributed by atoms with E-state index in [9.17, 15) is 0 Å². The van der Waals surface area contributed by atoms with Gasteiger partial charge in [-0.15, -0.1) is 12.4 Å². The molecule has 0 amide bonds. The fourth-order valence-corrected chi connectivity index (χ4v) is 3.24. The Morgan fingerprint density at radius 1 is 1.27 bits per heavy atom. The lowest BCUT2D eigenvalue weighted by Crippen LogP contribution is -2.25. The van der Waals surface area contributed by atoms with Crippen molar-refractivity contribution in [2.75, 3.05) is 13.2 Å². The molecule has 0 bridgehead atoms. The summed E-state index contributed by atoms with van der Waals surface area (Å²) >= 11 is 9.65. The van der Waals surface area contributed by atoms with Gasteiger partial charge in [-0.05, 0) is 43.2 Å². The van der Waals surface area contributed by atoms with Gasteiger partial charge in [0.2, 0.25) is 0 Å². The van der Waals surface area contributed by atoms with Crippen LogP contribution in [0.3, 0.4) is 0 Å². The molecular weight excluding hydrogens is 389 g/mol. The van der Waals surface area contributed by atoms with E-state index in [0.29, 0.717) is 17.7 Å². The van der Waals surface area contributed by atoms with E-state index in [1.54, 1.807) is 0 Å². The van der Waals surface area contributed by atoms with Crippen molar-refractivity contribution in [3.05, 3.63) is 45.6 Å². The monoisotopic (exact) mass is 405 g/mol. The zero-order chi connectivity index (χ0) is 14.7. The van der Waals surface area contributed by atoms with Crippen molar-refractivity contribution in [1.29, 1.82) is 0 Å². The number of ether oxygens (including phenoxy) is 1. The number of benzene rings is 1. The average Bonchev–Trinajstić information content (AvgIpc) is 3.10. The van der Waals surface area contributed by atoms with Gasteiger partial charge in [-0.3, -0.25) is 0 Å². The first-order valence-electron chi connectivity index (χ1n) is 7.09. The number of nitrogens with one attached hydrogen (secondary N) is 1. The van der Waals surface area contributed by atoms with Crippen LogP contribution in [0.4, 0.5) is 0 Å². The molecule has 1 N–H and O–H groups in total.